The summed E-state index contributed by atoms with van der Waals surface area (Å²) in [6.07, 6.45) is 1.96. The van der Waals surface area contributed by atoms with E-state index in [0.29, 0.717) is 31.1 Å². The molecule has 0 spiro atoms. The van der Waals surface area contributed by atoms with Crippen LogP contribution in [0.3, 0.4) is 0 Å². The maximum atomic E-state index is 12.8. The van der Waals surface area contributed by atoms with Gasteiger partial charge in [-0.05, 0) is 32.0 Å². The molecule has 1 saturated heterocycles. The molecule has 26 heavy (non-hydrogen) atoms. The first kappa shape index (κ1) is 20.7. The van der Waals surface area contributed by atoms with E-state index in [2.05, 4.69) is 10.6 Å². The second kappa shape index (κ2) is 9.37. The lowest BCUT2D eigenvalue weighted by atomic mass is 9.79. The molecule has 0 aliphatic carbocycles. The van der Waals surface area contributed by atoms with E-state index >= 15 is 0 Å². The third-order valence-corrected chi connectivity index (χ3v) is 4.93. The van der Waals surface area contributed by atoms with Gasteiger partial charge in [0, 0.05) is 37.1 Å². The van der Waals surface area contributed by atoms with Crippen LogP contribution in [0.15, 0.2) is 28.7 Å². The first-order valence-electron chi connectivity index (χ1n) is 8.66. The highest BCUT2D eigenvalue weighted by atomic mass is 35.5. The number of fused-ring (bicyclic) bond motifs is 1. The highest BCUT2D eigenvalue weighted by Gasteiger charge is 2.33. The van der Waals surface area contributed by atoms with Crippen molar-refractivity contribution in [1.29, 1.82) is 0 Å². The van der Waals surface area contributed by atoms with E-state index in [9.17, 15) is 4.79 Å². The molecule has 2 N–H and O–H groups in total. The Labute approximate surface area is 160 Å². The topological polar surface area (TPSA) is 72.7 Å². The van der Waals surface area contributed by atoms with E-state index in [4.69, 9.17) is 13.9 Å². The fourth-order valence-electron chi connectivity index (χ4n) is 3.55. The molecule has 1 aliphatic rings. The number of furan rings is 1. The highest BCUT2D eigenvalue weighted by molar-refractivity contribution is 5.99. The molecule has 1 amide bonds. The van der Waals surface area contributed by atoms with Gasteiger partial charge in [-0.2, -0.15) is 0 Å². The minimum absolute atomic E-state index is 0. The number of methoxy groups -OCH3 is 2. The van der Waals surface area contributed by atoms with Crippen molar-refractivity contribution in [2.75, 3.05) is 40.5 Å². The second-order valence-electron chi connectivity index (χ2n) is 6.70. The molecule has 0 unspecified atom stereocenters. The summed E-state index contributed by atoms with van der Waals surface area (Å²) < 4.78 is 16.5. The molecule has 6 nitrogen and oxygen atoms in total. The van der Waals surface area contributed by atoms with Crippen LogP contribution in [0.5, 0.6) is 0 Å². The lowest BCUT2D eigenvalue weighted by Gasteiger charge is -2.37. The van der Waals surface area contributed by atoms with Gasteiger partial charge < -0.3 is 24.5 Å². The maximum Gasteiger partial charge on any atom is 0.287 e. The zero-order valence-electron chi connectivity index (χ0n) is 15.3. The summed E-state index contributed by atoms with van der Waals surface area (Å²) in [6, 6.07) is 7.64. The molecule has 1 aromatic heterocycles. The number of ether oxygens (including phenoxy) is 2. The van der Waals surface area contributed by atoms with Crippen molar-refractivity contribution >= 4 is 29.3 Å². The van der Waals surface area contributed by atoms with Crippen LogP contribution in [0.25, 0.3) is 11.0 Å². The number of hydrogen-bond acceptors (Lipinski definition) is 5. The Balaban J connectivity index is 0.00000243. The van der Waals surface area contributed by atoms with Crippen molar-refractivity contribution in [2.24, 2.45) is 5.41 Å². The van der Waals surface area contributed by atoms with Crippen LogP contribution >= 0.6 is 12.4 Å². The predicted molar refractivity (Wildman–Crippen MR) is 103 cm³/mol. The van der Waals surface area contributed by atoms with E-state index in [0.717, 1.165) is 36.9 Å². The number of rotatable bonds is 7. The van der Waals surface area contributed by atoms with E-state index in [1.807, 2.05) is 24.3 Å². The van der Waals surface area contributed by atoms with Gasteiger partial charge in [0.25, 0.3) is 5.91 Å². The van der Waals surface area contributed by atoms with Crippen molar-refractivity contribution < 1.29 is 18.7 Å². The van der Waals surface area contributed by atoms with Crippen LogP contribution in [0, 0.1) is 5.41 Å². The molecule has 144 valence electrons. The van der Waals surface area contributed by atoms with Gasteiger partial charge in [-0.1, -0.05) is 18.2 Å². The molecule has 0 radical (unpaired) electrons. The average Bonchev–Trinajstić information content (AvgIpc) is 3.00. The van der Waals surface area contributed by atoms with E-state index < -0.39 is 0 Å². The maximum absolute atomic E-state index is 12.8. The van der Waals surface area contributed by atoms with Crippen LogP contribution < -0.4 is 10.6 Å². The predicted octanol–water partition coefficient (Wildman–Crippen LogP) is 2.75. The Bertz CT molecular complexity index is 720. The minimum atomic E-state index is -0.197. The summed E-state index contributed by atoms with van der Waals surface area (Å²) in [5.74, 6) is 0.141. The Morgan fingerprint density at radius 2 is 1.96 bits per heavy atom. The zero-order chi connectivity index (χ0) is 17.7. The number of carbonyl (C=O) groups excluding carboxylic acids is 1. The van der Waals surface area contributed by atoms with Crippen molar-refractivity contribution in [3.05, 3.63) is 35.6 Å². The molecule has 1 fully saturated rings. The van der Waals surface area contributed by atoms with Crippen LogP contribution in [0.2, 0.25) is 0 Å². The summed E-state index contributed by atoms with van der Waals surface area (Å²) in [7, 11) is 3.33. The molecule has 0 bridgehead atoms. The zero-order valence-corrected chi connectivity index (χ0v) is 16.1. The van der Waals surface area contributed by atoms with Gasteiger partial charge >= 0.3 is 0 Å². The lowest BCUT2D eigenvalue weighted by Crippen LogP contribution is -2.47. The fraction of sp³-hybridized carbons (Fsp3) is 0.526. The number of carbonyl (C=O) groups is 1. The third kappa shape index (κ3) is 4.38. The number of piperidine rings is 1. The van der Waals surface area contributed by atoms with Gasteiger partial charge in [0.2, 0.25) is 0 Å². The Morgan fingerprint density at radius 3 is 2.65 bits per heavy atom. The Hall–Kier alpha value is -1.60. The van der Waals surface area contributed by atoms with E-state index in [1.165, 1.54) is 0 Å². The lowest BCUT2D eigenvalue weighted by molar-refractivity contribution is 0.0505. The number of hydrogen-bond donors (Lipinski definition) is 2. The van der Waals surface area contributed by atoms with Gasteiger partial charge in [0.1, 0.15) is 5.58 Å². The monoisotopic (exact) mass is 382 g/mol. The number of benzene rings is 1. The summed E-state index contributed by atoms with van der Waals surface area (Å²) in [6.45, 7) is 3.44. The molecule has 1 aliphatic heterocycles. The van der Waals surface area contributed by atoms with Gasteiger partial charge in [-0.3, -0.25) is 4.79 Å². The van der Waals surface area contributed by atoms with Gasteiger partial charge in [-0.25, -0.2) is 0 Å². The third-order valence-electron chi connectivity index (χ3n) is 4.93. The summed E-state index contributed by atoms with van der Waals surface area (Å²) in [5, 5.41) is 7.33. The number of halogens is 1. The number of para-hydroxylation sites is 1. The standard InChI is InChI=1S/C19H26N2O4.ClH/c1-23-11-15-14-5-3-4-6-16(14)25-17(15)18(22)21-12-19(13-24-2)7-9-20-10-8-19;/h3-6,20H,7-13H2,1-2H3,(H,21,22);1H. The molecule has 0 saturated carbocycles. The largest absolute Gasteiger partial charge is 0.451 e. The Kier molecular flexibility index (Phi) is 7.46. The first-order valence-corrected chi connectivity index (χ1v) is 8.66. The molecular formula is C19H27ClN2O4. The Morgan fingerprint density at radius 1 is 1.23 bits per heavy atom. The van der Waals surface area contributed by atoms with E-state index in [-0.39, 0.29) is 23.7 Å². The summed E-state index contributed by atoms with van der Waals surface area (Å²) >= 11 is 0. The van der Waals surface area contributed by atoms with Crippen LogP contribution in [-0.2, 0) is 16.1 Å². The van der Waals surface area contributed by atoms with Crippen LogP contribution in [-0.4, -0.2) is 46.4 Å². The van der Waals surface area contributed by atoms with Gasteiger partial charge in [0.15, 0.2) is 5.76 Å². The molecule has 0 atom stereocenters. The normalized spacial score (nSPS) is 16.2. The smallest absolute Gasteiger partial charge is 0.287 e. The molecule has 3 rings (SSSR count). The fourth-order valence-corrected chi connectivity index (χ4v) is 3.55. The number of amides is 1. The van der Waals surface area contributed by atoms with Crippen molar-refractivity contribution in [2.45, 2.75) is 19.4 Å². The van der Waals surface area contributed by atoms with E-state index in [1.54, 1.807) is 14.2 Å². The quantitative estimate of drug-likeness (QED) is 0.770. The van der Waals surface area contributed by atoms with Crippen LogP contribution in [0.1, 0.15) is 29.0 Å². The van der Waals surface area contributed by atoms with Crippen molar-refractivity contribution in [1.82, 2.24) is 10.6 Å². The van der Waals surface area contributed by atoms with Gasteiger partial charge in [0.05, 0.1) is 13.2 Å². The second-order valence-corrected chi connectivity index (χ2v) is 6.70. The first-order chi connectivity index (χ1) is 12.2. The molecule has 1 aromatic carbocycles. The summed E-state index contributed by atoms with van der Waals surface area (Å²) in [5.41, 5.74) is 1.47. The molecular weight excluding hydrogens is 356 g/mol. The molecule has 2 heterocycles. The molecule has 2 aromatic rings. The minimum Gasteiger partial charge on any atom is -0.451 e. The SMILES string of the molecule is COCc1c(C(=O)NCC2(COC)CCNCC2)oc2ccccc12.Cl. The van der Waals surface area contributed by atoms with Gasteiger partial charge in [-0.15, -0.1) is 12.4 Å². The van der Waals surface area contributed by atoms with Crippen molar-refractivity contribution in [3.8, 4) is 0 Å². The average molecular weight is 383 g/mol. The highest BCUT2D eigenvalue weighted by Crippen LogP contribution is 2.30. The molecule has 7 heteroatoms. The van der Waals surface area contributed by atoms with Crippen LogP contribution in [0.4, 0.5) is 0 Å². The summed E-state index contributed by atoms with van der Waals surface area (Å²) in [4.78, 5) is 12.8. The number of nitrogens with one attached hydrogen (secondary N) is 2. The van der Waals surface area contributed by atoms with Crippen molar-refractivity contribution in [3.63, 3.8) is 0 Å².